The Morgan fingerprint density at radius 3 is 2.43 bits per heavy atom. The van der Waals surface area contributed by atoms with Crippen molar-refractivity contribution in [3.63, 3.8) is 0 Å². The van der Waals surface area contributed by atoms with Crippen LogP contribution in [0.5, 0.6) is 0 Å². The summed E-state index contributed by atoms with van der Waals surface area (Å²) in [6.07, 6.45) is 2.10. The molecule has 1 atom stereocenters. The van der Waals surface area contributed by atoms with Gasteiger partial charge in [0.15, 0.2) is 0 Å². The van der Waals surface area contributed by atoms with Gasteiger partial charge in [0.1, 0.15) is 17.7 Å². The van der Waals surface area contributed by atoms with Crippen molar-refractivity contribution in [3.05, 3.63) is 35.4 Å². The van der Waals surface area contributed by atoms with Crippen LogP contribution in [0.15, 0.2) is 18.2 Å². The molecule has 116 valence electrons. The van der Waals surface area contributed by atoms with Crippen LogP contribution in [0.25, 0.3) is 0 Å². The van der Waals surface area contributed by atoms with E-state index in [0.29, 0.717) is 12.2 Å². The molecule has 0 saturated carbocycles. The Labute approximate surface area is 126 Å². The van der Waals surface area contributed by atoms with E-state index in [1.54, 1.807) is 0 Å². The molecule has 1 aromatic carbocycles. The maximum Gasteiger partial charge on any atom is 0.328 e. The van der Waals surface area contributed by atoms with Crippen LogP contribution in [0.2, 0.25) is 0 Å². The third-order valence-electron chi connectivity index (χ3n) is 2.72. The Balaban J connectivity index is 2.66. The zero-order valence-corrected chi connectivity index (χ0v) is 12.6. The lowest BCUT2D eigenvalue weighted by atomic mass is 10.1. The van der Waals surface area contributed by atoms with Gasteiger partial charge in [0.05, 0.1) is 13.5 Å². The molecule has 0 spiro atoms. The fraction of sp³-hybridized carbons (Fsp3) is 0.429. The molecule has 0 fully saturated rings. The van der Waals surface area contributed by atoms with E-state index in [-0.39, 0.29) is 12.0 Å². The van der Waals surface area contributed by atoms with Crippen molar-refractivity contribution in [3.8, 4) is 0 Å². The first-order valence-corrected chi connectivity index (χ1v) is 7.66. The number of hydrogen-bond acceptors (Lipinski definition) is 4. The van der Waals surface area contributed by atoms with Gasteiger partial charge in [-0.25, -0.2) is 13.6 Å². The lowest BCUT2D eigenvalue weighted by molar-refractivity contribution is -0.145. The fourth-order valence-corrected chi connectivity index (χ4v) is 2.24. The topological polar surface area (TPSA) is 55.4 Å². The summed E-state index contributed by atoms with van der Waals surface area (Å²) >= 11 is 1.53. The van der Waals surface area contributed by atoms with Crippen molar-refractivity contribution in [1.82, 2.24) is 5.32 Å². The second kappa shape index (κ2) is 8.61. The molecule has 1 amide bonds. The van der Waals surface area contributed by atoms with E-state index in [0.717, 1.165) is 18.2 Å². The van der Waals surface area contributed by atoms with E-state index >= 15 is 0 Å². The van der Waals surface area contributed by atoms with Crippen LogP contribution in [0.4, 0.5) is 8.78 Å². The van der Waals surface area contributed by atoms with Gasteiger partial charge in [0, 0.05) is 6.07 Å². The van der Waals surface area contributed by atoms with Crippen molar-refractivity contribution in [1.29, 1.82) is 0 Å². The predicted molar refractivity (Wildman–Crippen MR) is 77.0 cm³/mol. The molecule has 0 saturated heterocycles. The summed E-state index contributed by atoms with van der Waals surface area (Å²) in [5.41, 5.74) is 0.207. The monoisotopic (exact) mass is 317 g/mol. The summed E-state index contributed by atoms with van der Waals surface area (Å²) in [5, 5.41) is 2.52. The van der Waals surface area contributed by atoms with Gasteiger partial charge in [-0.3, -0.25) is 4.79 Å². The normalized spacial score (nSPS) is 11.8. The highest BCUT2D eigenvalue weighted by Crippen LogP contribution is 2.09. The smallest absolute Gasteiger partial charge is 0.328 e. The number of carbonyl (C=O) groups excluding carboxylic acids is 2. The van der Waals surface area contributed by atoms with Crippen molar-refractivity contribution in [2.45, 2.75) is 18.9 Å². The van der Waals surface area contributed by atoms with E-state index in [1.807, 2.05) is 6.26 Å². The molecule has 7 heteroatoms. The van der Waals surface area contributed by atoms with E-state index in [4.69, 9.17) is 0 Å². The number of methoxy groups -OCH3 is 1. The number of ether oxygens (including phenoxy) is 1. The highest BCUT2D eigenvalue weighted by Gasteiger charge is 2.21. The zero-order valence-electron chi connectivity index (χ0n) is 11.8. The molecule has 1 aromatic rings. The fourth-order valence-electron chi connectivity index (χ4n) is 1.77. The van der Waals surface area contributed by atoms with Crippen LogP contribution in [0.1, 0.15) is 12.0 Å². The number of benzene rings is 1. The second-order valence-electron chi connectivity index (χ2n) is 4.38. The summed E-state index contributed by atoms with van der Waals surface area (Å²) in [4.78, 5) is 23.4. The Morgan fingerprint density at radius 1 is 1.29 bits per heavy atom. The number of rotatable bonds is 7. The molecule has 21 heavy (non-hydrogen) atoms. The average Bonchev–Trinajstić information content (AvgIpc) is 2.41. The van der Waals surface area contributed by atoms with Crippen molar-refractivity contribution < 1.29 is 23.1 Å². The molecule has 0 bridgehead atoms. The van der Waals surface area contributed by atoms with Crippen molar-refractivity contribution >= 4 is 23.6 Å². The summed E-state index contributed by atoms with van der Waals surface area (Å²) in [6, 6.07) is 2.14. The van der Waals surface area contributed by atoms with Crippen LogP contribution >= 0.6 is 11.8 Å². The molecule has 0 radical (unpaired) electrons. The minimum absolute atomic E-state index is 0.207. The number of amides is 1. The quantitative estimate of drug-likeness (QED) is 0.781. The maximum atomic E-state index is 13.0. The Morgan fingerprint density at radius 2 is 1.90 bits per heavy atom. The largest absolute Gasteiger partial charge is 0.467 e. The minimum Gasteiger partial charge on any atom is -0.467 e. The van der Waals surface area contributed by atoms with Crippen LogP contribution in [0, 0.1) is 11.6 Å². The number of hydrogen-bond donors (Lipinski definition) is 1. The van der Waals surface area contributed by atoms with Gasteiger partial charge in [0.2, 0.25) is 5.91 Å². The molecule has 0 unspecified atom stereocenters. The van der Waals surface area contributed by atoms with Crippen LogP contribution in [-0.2, 0) is 20.7 Å². The van der Waals surface area contributed by atoms with Gasteiger partial charge in [-0.1, -0.05) is 0 Å². The number of nitrogens with one attached hydrogen (secondary N) is 1. The van der Waals surface area contributed by atoms with Crippen molar-refractivity contribution in [2.75, 3.05) is 19.1 Å². The maximum absolute atomic E-state index is 13.0. The van der Waals surface area contributed by atoms with Crippen LogP contribution in [0.3, 0.4) is 0 Å². The van der Waals surface area contributed by atoms with Crippen molar-refractivity contribution in [2.24, 2.45) is 0 Å². The lowest BCUT2D eigenvalue weighted by Crippen LogP contribution is -2.42. The summed E-state index contributed by atoms with van der Waals surface area (Å²) in [6.45, 7) is 0. The van der Waals surface area contributed by atoms with Crippen LogP contribution < -0.4 is 5.32 Å². The van der Waals surface area contributed by atoms with E-state index in [2.05, 4.69) is 10.1 Å². The molecule has 0 aliphatic carbocycles. The van der Waals surface area contributed by atoms with E-state index < -0.39 is 29.6 Å². The predicted octanol–water partition coefficient (Wildman–Crippen LogP) is 1.92. The first-order valence-electron chi connectivity index (χ1n) is 6.27. The molecule has 0 aliphatic rings. The zero-order chi connectivity index (χ0) is 15.8. The highest BCUT2D eigenvalue weighted by molar-refractivity contribution is 7.98. The third kappa shape index (κ3) is 6.12. The summed E-state index contributed by atoms with van der Waals surface area (Å²) in [7, 11) is 1.24. The number of thioether (sulfide) groups is 1. The molecule has 1 N–H and O–H groups in total. The first kappa shape index (κ1) is 17.4. The van der Waals surface area contributed by atoms with Gasteiger partial charge in [-0.2, -0.15) is 11.8 Å². The number of esters is 1. The van der Waals surface area contributed by atoms with Gasteiger partial charge >= 0.3 is 5.97 Å². The minimum atomic E-state index is -0.756. The highest BCUT2D eigenvalue weighted by atomic mass is 32.2. The molecule has 1 rings (SSSR count). The number of halogens is 2. The molecule has 0 aliphatic heterocycles. The first-order chi connectivity index (χ1) is 9.96. The number of carbonyl (C=O) groups is 2. The van der Waals surface area contributed by atoms with Gasteiger partial charge < -0.3 is 10.1 Å². The average molecular weight is 317 g/mol. The molecule has 0 aromatic heterocycles. The molecule has 0 heterocycles. The van der Waals surface area contributed by atoms with E-state index in [9.17, 15) is 18.4 Å². The van der Waals surface area contributed by atoms with Crippen LogP contribution in [-0.4, -0.2) is 37.0 Å². The molecular formula is C14H17F2NO3S. The van der Waals surface area contributed by atoms with Gasteiger partial charge in [-0.15, -0.1) is 0 Å². The summed E-state index contributed by atoms with van der Waals surface area (Å²) in [5.74, 6) is -1.84. The Hall–Kier alpha value is -1.63. The van der Waals surface area contributed by atoms with Gasteiger partial charge in [-0.05, 0) is 36.1 Å². The van der Waals surface area contributed by atoms with Gasteiger partial charge in [0.25, 0.3) is 0 Å². The molecular weight excluding hydrogens is 300 g/mol. The van der Waals surface area contributed by atoms with E-state index in [1.165, 1.54) is 18.9 Å². The summed E-state index contributed by atoms with van der Waals surface area (Å²) < 4.78 is 30.7. The third-order valence-corrected chi connectivity index (χ3v) is 3.36. The Bertz CT molecular complexity index is 491. The lowest BCUT2D eigenvalue weighted by Gasteiger charge is -2.16. The molecule has 4 nitrogen and oxygen atoms in total. The SMILES string of the molecule is COC(=O)[C@H](CCSC)NC(=O)Cc1cc(F)cc(F)c1. The Kier molecular flexibility index (Phi) is 7.14. The second-order valence-corrected chi connectivity index (χ2v) is 5.36. The standard InChI is InChI=1S/C14H17F2NO3S/c1-20-14(19)12(3-4-21-2)17-13(18)7-9-5-10(15)8-11(16)6-9/h5-6,8,12H,3-4,7H2,1-2H3,(H,17,18)/t12-/m0/s1.